The van der Waals surface area contributed by atoms with E-state index < -0.39 is 16.0 Å². The van der Waals surface area contributed by atoms with Crippen LogP contribution in [0.25, 0.3) is 11.1 Å². The number of thioether (sulfide) groups is 1. The molecule has 0 saturated carbocycles. The Kier molecular flexibility index (Phi) is 11.0. The summed E-state index contributed by atoms with van der Waals surface area (Å²) in [6, 6.07) is 16.2. The number of benzene rings is 2. The van der Waals surface area contributed by atoms with Gasteiger partial charge in [0.05, 0.1) is 18.6 Å². The van der Waals surface area contributed by atoms with Crippen molar-refractivity contribution in [2.45, 2.75) is 37.0 Å². The van der Waals surface area contributed by atoms with Crippen LogP contribution in [0.5, 0.6) is 11.6 Å². The molecule has 0 amide bonds. The number of ether oxygens (including phenoxy) is 3. The lowest BCUT2D eigenvalue weighted by molar-refractivity contribution is -0.145. The van der Waals surface area contributed by atoms with Gasteiger partial charge in [-0.1, -0.05) is 19.1 Å². The van der Waals surface area contributed by atoms with Crippen molar-refractivity contribution < 1.29 is 27.4 Å². The van der Waals surface area contributed by atoms with E-state index in [9.17, 15) is 13.2 Å². The zero-order valence-corrected chi connectivity index (χ0v) is 23.8. The average molecular weight is 559 g/mol. The van der Waals surface area contributed by atoms with Crippen molar-refractivity contribution in [3.05, 3.63) is 66.4 Å². The number of rotatable bonds is 14. The number of esters is 1. The zero-order chi connectivity index (χ0) is 27.5. The lowest BCUT2D eigenvalue weighted by Crippen LogP contribution is -2.33. The van der Waals surface area contributed by atoms with E-state index in [1.807, 2.05) is 44.2 Å². The average Bonchev–Trinajstić information content (AvgIpc) is 2.92. The van der Waals surface area contributed by atoms with Gasteiger partial charge in [0, 0.05) is 41.6 Å². The van der Waals surface area contributed by atoms with Gasteiger partial charge in [0.1, 0.15) is 5.75 Å². The van der Waals surface area contributed by atoms with Gasteiger partial charge in [-0.05, 0) is 67.8 Å². The molecule has 2 aromatic carbocycles. The molecule has 1 aromatic heterocycles. The topological polar surface area (TPSA) is 95.0 Å². The van der Waals surface area contributed by atoms with Crippen LogP contribution >= 0.6 is 11.8 Å². The van der Waals surface area contributed by atoms with Crippen LogP contribution in [-0.2, 0) is 19.6 Å². The van der Waals surface area contributed by atoms with Crippen molar-refractivity contribution in [2.75, 3.05) is 39.2 Å². The maximum atomic E-state index is 13.5. The highest BCUT2D eigenvalue weighted by atomic mass is 32.2. The molecule has 0 saturated heterocycles. The third kappa shape index (κ3) is 7.96. The summed E-state index contributed by atoms with van der Waals surface area (Å²) in [5.74, 6) is 1.29. The van der Waals surface area contributed by atoms with Gasteiger partial charge in [-0.3, -0.25) is 0 Å². The van der Waals surface area contributed by atoms with Crippen molar-refractivity contribution in [1.29, 1.82) is 0 Å². The summed E-state index contributed by atoms with van der Waals surface area (Å²) in [5.41, 5.74) is 2.47. The van der Waals surface area contributed by atoms with E-state index >= 15 is 0 Å². The second-order valence-electron chi connectivity index (χ2n) is 8.39. The number of hydrogen-bond acceptors (Lipinski definition) is 8. The molecule has 3 aromatic rings. The smallest absolute Gasteiger partial charge is 0.344 e. The van der Waals surface area contributed by atoms with E-state index in [0.29, 0.717) is 43.5 Å². The van der Waals surface area contributed by atoms with E-state index in [2.05, 4.69) is 4.98 Å². The van der Waals surface area contributed by atoms with E-state index in [1.165, 1.54) is 4.31 Å². The fourth-order valence-corrected chi connectivity index (χ4v) is 6.40. The number of nitrogens with zero attached hydrogens (tertiary/aromatic N) is 2. The quantitative estimate of drug-likeness (QED) is 0.197. The minimum atomic E-state index is -3.69. The lowest BCUT2D eigenvalue weighted by atomic mass is 10.1. The Balaban J connectivity index is 1.66. The molecular formula is C28H34N2O6S2. The first-order chi connectivity index (χ1) is 18.3. The summed E-state index contributed by atoms with van der Waals surface area (Å²) in [7, 11) is -2.13. The standard InChI is InChI=1S/C28H34N2O6S2/c1-5-14-30(15-16-37-24-11-12-26(21(3)17-24)36-20-28(31)35-6-2)38(32,33)25-9-7-8-22(18-25)23-10-13-27(34-4)29-19-23/h7-13,17-19H,5-6,14-16,20H2,1-4H3. The molecule has 8 nitrogen and oxygen atoms in total. The van der Waals surface area contributed by atoms with Crippen molar-refractivity contribution in [2.24, 2.45) is 0 Å². The molecule has 0 atom stereocenters. The van der Waals surface area contributed by atoms with E-state index in [-0.39, 0.29) is 11.5 Å². The monoisotopic (exact) mass is 558 g/mol. The van der Waals surface area contributed by atoms with Gasteiger partial charge in [0.25, 0.3) is 0 Å². The van der Waals surface area contributed by atoms with Gasteiger partial charge in [-0.15, -0.1) is 11.8 Å². The van der Waals surface area contributed by atoms with Crippen LogP contribution in [-0.4, -0.2) is 62.8 Å². The Morgan fingerprint density at radius 1 is 1.03 bits per heavy atom. The molecule has 0 unspecified atom stereocenters. The largest absolute Gasteiger partial charge is 0.482 e. The second-order valence-corrected chi connectivity index (χ2v) is 11.5. The zero-order valence-electron chi connectivity index (χ0n) is 22.2. The fourth-order valence-electron chi connectivity index (χ4n) is 3.74. The fraction of sp³-hybridized carbons (Fsp3) is 0.357. The summed E-state index contributed by atoms with van der Waals surface area (Å²) >= 11 is 1.57. The number of hydrogen-bond donors (Lipinski definition) is 0. The van der Waals surface area contributed by atoms with Crippen LogP contribution in [0.15, 0.2) is 70.6 Å². The van der Waals surface area contributed by atoms with Gasteiger partial charge >= 0.3 is 5.97 Å². The Morgan fingerprint density at radius 3 is 2.50 bits per heavy atom. The molecule has 0 fully saturated rings. The maximum Gasteiger partial charge on any atom is 0.344 e. The summed E-state index contributed by atoms with van der Waals surface area (Å²) in [6.07, 6.45) is 2.37. The predicted octanol–water partition coefficient (Wildman–Crippen LogP) is 5.20. The number of aryl methyl sites for hydroxylation is 1. The minimum Gasteiger partial charge on any atom is -0.482 e. The number of aromatic nitrogens is 1. The van der Waals surface area contributed by atoms with Crippen molar-refractivity contribution >= 4 is 27.8 Å². The van der Waals surface area contributed by atoms with E-state index in [1.54, 1.807) is 56.3 Å². The molecular weight excluding hydrogens is 524 g/mol. The molecule has 0 aliphatic rings. The van der Waals surface area contributed by atoms with Crippen molar-refractivity contribution in [1.82, 2.24) is 9.29 Å². The Labute approximate surface area is 229 Å². The van der Waals surface area contributed by atoms with Crippen LogP contribution in [0, 0.1) is 6.92 Å². The van der Waals surface area contributed by atoms with E-state index in [0.717, 1.165) is 21.6 Å². The van der Waals surface area contributed by atoms with Gasteiger partial charge in [0.15, 0.2) is 6.61 Å². The lowest BCUT2D eigenvalue weighted by Gasteiger charge is -2.22. The van der Waals surface area contributed by atoms with Gasteiger partial charge in [-0.25, -0.2) is 18.2 Å². The molecule has 38 heavy (non-hydrogen) atoms. The number of carbonyl (C=O) groups excluding carboxylic acids is 1. The third-order valence-corrected chi connectivity index (χ3v) is 8.50. The van der Waals surface area contributed by atoms with Crippen LogP contribution in [0.2, 0.25) is 0 Å². The van der Waals surface area contributed by atoms with Gasteiger partial charge in [-0.2, -0.15) is 4.31 Å². The molecule has 3 rings (SSSR count). The molecule has 204 valence electrons. The highest BCUT2D eigenvalue weighted by molar-refractivity contribution is 7.99. The van der Waals surface area contributed by atoms with E-state index in [4.69, 9.17) is 14.2 Å². The first-order valence-electron chi connectivity index (χ1n) is 12.4. The number of sulfonamides is 1. The third-order valence-electron chi connectivity index (χ3n) is 5.63. The molecule has 0 aliphatic heterocycles. The molecule has 0 aliphatic carbocycles. The Bertz CT molecular complexity index is 1310. The first kappa shape index (κ1) is 29.5. The van der Waals surface area contributed by atoms with Crippen molar-refractivity contribution in [3.8, 4) is 22.8 Å². The predicted molar refractivity (Wildman–Crippen MR) is 149 cm³/mol. The normalized spacial score (nSPS) is 11.4. The second kappa shape index (κ2) is 14.2. The minimum absolute atomic E-state index is 0.138. The molecule has 10 heteroatoms. The number of carbonyl (C=O) groups is 1. The maximum absolute atomic E-state index is 13.5. The molecule has 1 heterocycles. The molecule has 0 N–H and O–H groups in total. The van der Waals surface area contributed by atoms with Crippen LogP contribution < -0.4 is 9.47 Å². The highest BCUT2D eigenvalue weighted by Gasteiger charge is 2.24. The Morgan fingerprint density at radius 2 is 1.84 bits per heavy atom. The van der Waals surface area contributed by atoms with Gasteiger partial charge in [0.2, 0.25) is 15.9 Å². The summed E-state index contributed by atoms with van der Waals surface area (Å²) < 4.78 is 44.2. The van der Waals surface area contributed by atoms with Crippen molar-refractivity contribution in [3.63, 3.8) is 0 Å². The first-order valence-corrected chi connectivity index (χ1v) is 14.8. The number of methoxy groups -OCH3 is 1. The van der Waals surface area contributed by atoms with Gasteiger partial charge < -0.3 is 14.2 Å². The number of pyridine rings is 1. The molecule has 0 bridgehead atoms. The summed E-state index contributed by atoms with van der Waals surface area (Å²) in [6.45, 7) is 6.59. The summed E-state index contributed by atoms with van der Waals surface area (Å²) in [4.78, 5) is 17.0. The molecule has 0 spiro atoms. The summed E-state index contributed by atoms with van der Waals surface area (Å²) in [5, 5.41) is 0. The SMILES string of the molecule is CCCN(CCSc1ccc(OCC(=O)OCC)c(C)c1)S(=O)(=O)c1cccc(-c2ccc(OC)nc2)c1. The molecule has 0 radical (unpaired) electrons. The Hall–Kier alpha value is -3.08. The highest BCUT2D eigenvalue weighted by Crippen LogP contribution is 2.28. The van der Waals surface area contributed by atoms with Crippen LogP contribution in [0.3, 0.4) is 0 Å². The van der Waals surface area contributed by atoms with Crippen LogP contribution in [0.4, 0.5) is 0 Å². The van der Waals surface area contributed by atoms with Crippen LogP contribution in [0.1, 0.15) is 25.8 Å².